The molecule has 0 bridgehead atoms. The number of ketones is 2. The van der Waals surface area contributed by atoms with Gasteiger partial charge >= 0.3 is 0 Å². The minimum absolute atomic E-state index is 0.271. The molecule has 0 radical (unpaired) electrons. The van der Waals surface area contributed by atoms with E-state index in [2.05, 4.69) is 111 Å². The summed E-state index contributed by atoms with van der Waals surface area (Å²) in [6, 6.07) is 0. The van der Waals surface area contributed by atoms with Crippen LogP contribution in [-0.2, 0) is 14.3 Å². The summed E-state index contributed by atoms with van der Waals surface area (Å²) in [7, 11) is 1.28. The Morgan fingerprint density at radius 2 is 0.732 bits per heavy atom. The van der Waals surface area contributed by atoms with Gasteiger partial charge in [0.05, 0.1) is 7.11 Å². The van der Waals surface area contributed by atoms with Crippen LogP contribution in [0.25, 0.3) is 0 Å². The number of hydrogen-bond donors (Lipinski definition) is 1. The average molecular weight is 767 g/mol. The predicted molar refractivity (Wildman–Crippen MR) is 243 cm³/mol. The summed E-state index contributed by atoms with van der Waals surface area (Å²) in [5.74, 6) is -1.90. The molecule has 310 valence electrons. The van der Waals surface area contributed by atoms with Crippen LogP contribution in [0.15, 0.2) is 128 Å². The molecule has 0 aromatic heterocycles. The number of aliphatic hydroxyl groups is 1. The molecule has 0 saturated carbocycles. The van der Waals surface area contributed by atoms with Gasteiger partial charge in [0, 0.05) is 5.57 Å². The van der Waals surface area contributed by atoms with Crippen LogP contribution in [0.2, 0.25) is 0 Å². The number of aliphatic hydroxyl groups excluding tert-OH is 1. The molecule has 1 rings (SSSR count). The number of ether oxygens (including phenoxy) is 1. The summed E-state index contributed by atoms with van der Waals surface area (Å²) >= 11 is 0. The van der Waals surface area contributed by atoms with Crippen LogP contribution in [0, 0.1) is 0 Å². The first-order chi connectivity index (χ1) is 26.6. The van der Waals surface area contributed by atoms with Crippen LogP contribution in [0.4, 0.5) is 0 Å². The Labute approximate surface area is 343 Å². The van der Waals surface area contributed by atoms with Gasteiger partial charge in [-0.15, -0.1) is 0 Å². The van der Waals surface area contributed by atoms with Crippen LogP contribution in [0.3, 0.4) is 0 Å². The molecule has 4 nitrogen and oxygen atoms in total. The van der Waals surface area contributed by atoms with Gasteiger partial charge in [-0.3, -0.25) is 9.59 Å². The minimum atomic E-state index is -0.616. The van der Waals surface area contributed by atoms with E-state index >= 15 is 0 Å². The Morgan fingerprint density at radius 1 is 0.464 bits per heavy atom. The molecule has 1 aliphatic carbocycles. The summed E-state index contributed by atoms with van der Waals surface area (Å²) in [6.45, 7) is 22.2. The van der Waals surface area contributed by atoms with Gasteiger partial charge in [0.2, 0.25) is 23.1 Å². The van der Waals surface area contributed by atoms with Crippen LogP contribution in [0.1, 0.15) is 178 Å². The Kier molecular flexibility index (Phi) is 26.2. The Hall–Kier alpha value is -3.92. The van der Waals surface area contributed by atoms with E-state index in [1.807, 2.05) is 13.0 Å². The zero-order chi connectivity index (χ0) is 41.9. The molecule has 4 heteroatoms. The monoisotopic (exact) mass is 767 g/mol. The Bertz CT molecular complexity index is 1620. The standard InChI is InChI=1S/C52H78O4/c1-39(2)20-12-21-40(3)22-13-23-41(4)24-14-25-42(5)26-15-27-43(6)28-16-29-44(7)30-17-31-45(8)32-18-33-46(9)34-19-35-47(10)36-37-48-38-49(53)51(55)52(56-11)50(48)54/h20,22,24,26,28,30,32,34,36,38,55H,12-19,21,23,25,27,29,31,33,35,37H2,1-11H3/b40-22+,41-24+,42-26+,43-28+,44-30+,45-32+,46-34+,47-36+. The molecule has 0 unspecified atom stereocenters. The average Bonchev–Trinajstić information content (AvgIpc) is 3.12. The van der Waals surface area contributed by atoms with Crippen LogP contribution >= 0.6 is 0 Å². The van der Waals surface area contributed by atoms with E-state index in [9.17, 15) is 14.7 Å². The first-order valence-corrected chi connectivity index (χ1v) is 21.3. The van der Waals surface area contributed by atoms with Gasteiger partial charge in [-0.05, 0) is 184 Å². The van der Waals surface area contributed by atoms with Gasteiger partial charge in [-0.25, -0.2) is 0 Å². The van der Waals surface area contributed by atoms with Gasteiger partial charge in [-0.2, -0.15) is 0 Å². The zero-order valence-corrected chi connectivity index (χ0v) is 37.5. The number of hydrogen-bond acceptors (Lipinski definition) is 4. The predicted octanol–water partition coefficient (Wildman–Crippen LogP) is 15.6. The number of Topliss-reactive ketones (excluding diaryl/α,β-unsaturated/α-hetero) is 1. The van der Waals surface area contributed by atoms with E-state index in [0.717, 1.165) is 95.5 Å². The van der Waals surface area contributed by atoms with Crippen molar-refractivity contribution in [1.29, 1.82) is 0 Å². The van der Waals surface area contributed by atoms with Gasteiger partial charge in [0.15, 0.2) is 0 Å². The van der Waals surface area contributed by atoms with Crippen molar-refractivity contribution >= 4 is 11.6 Å². The molecule has 1 aliphatic rings. The second-order valence-corrected chi connectivity index (χ2v) is 16.4. The molecule has 0 atom stereocenters. The summed E-state index contributed by atoms with van der Waals surface area (Å²) in [6.07, 6.45) is 40.4. The quantitative estimate of drug-likeness (QED) is 0.0668. The third kappa shape index (κ3) is 23.9. The maximum absolute atomic E-state index is 12.4. The minimum Gasteiger partial charge on any atom is -0.501 e. The van der Waals surface area contributed by atoms with E-state index in [1.54, 1.807) is 0 Å². The van der Waals surface area contributed by atoms with Gasteiger partial charge in [0.25, 0.3) is 0 Å². The highest BCUT2D eigenvalue weighted by molar-refractivity contribution is 6.20. The van der Waals surface area contributed by atoms with E-state index in [0.29, 0.717) is 12.0 Å². The number of carbonyl (C=O) groups excluding carboxylic acids is 2. The SMILES string of the molecule is COC1=C(O)C(=O)C=C(C/C=C(\C)CC/C=C(\C)CC/C=C(\C)CC/C=C(\C)CC/C=C(\C)CC/C=C(\C)CC/C=C(\C)CC/C=C(\C)CCC=C(C)C)C1=O. The second-order valence-electron chi connectivity index (χ2n) is 16.4. The highest BCUT2D eigenvalue weighted by Gasteiger charge is 2.28. The maximum atomic E-state index is 12.4. The van der Waals surface area contributed by atoms with Crippen molar-refractivity contribution in [3.8, 4) is 0 Å². The summed E-state index contributed by atoms with van der Waals surface area (Å²) in [4.78, 5) is 24.3. The molecule has 0 heterocycles. The third-order valence-electron chi connectivity index (χ3n) is 10.4. The zero-order valence-electron chi connectivity index (χ0n) is 37.5. The summed E-state index contributed by atoms with van der Waals surface area (Å²) in [5, 5.41) is 9.75. The van der Waals surface area contributed by atoms with E-state index in [1.165, 1.54) is 70.6 Å². The van der Waals surface area contributed by atoms with Crippen LogP contribution in [-0.4, -0.2) is 23.8 Å². The lowest BCUT2D eigenvalue weighted by molar-refractivity contribution is -0.120. The van der Waals surface area contributed by atoms with Crippen molar-refractivity contribution in [2.45, 2.75) is 178 Å². The lowest BCUT2D eigenvalue weighted by Gasteiger charge is -2.13. The number of methoxy groups -OCH3 is 1. The fourth-order valence-corrected chi connectivity index (χ4v) is 6.51. The molecular weight excluding hydrogens is 689 g/mol. The molecule has 0 fully saturated rings. The fraction of sp³-hybridized carbons (Fsp3) is 0.538. The van der Waals surface area contributed by atoms with Gasteiger partial charge in [-0.1, -0.05) is 105 Å². The summed E-state index contributed by atoms with van der Waals surface area (Å²) < 4.78 is 4.93. The van der Waals surface area contributed by atoms with Crippen molar-refractivity contribution in [2.75, 3.05) is 7.11 Å². The molecular formula is C52H78O4. The largest absolute Gasteiger partial charge is 0.501 e. The van der Waals surface area contributed by atoms with Crippen molar-refractivity contribution in [3.05, 3.63) is 128 Å². The molecule has 0 aromatic rings. The van der Waals surface area contributed by atoms with Crippen LogP contribution in [0.5, 0.6) is 0 Å². The Morgan fingerprint density at radius 3 is 1.00 bits per heavy atom. The van der Waals surface area contributed by atoms with E-state index in [4.69, 9.17) is 4.74 Å². The fourth-order valence-electron chi connectivity index (χ4n) is 6.51. The molecule has 56 heavy (non-hydrogen) atoms. The summed E-state index contributed by atoms with van der Waals surface area (Å²) in [5.41, 5.74) is 13.3. The van der Waals surface area contributed by atoms with Crippen molar-refractivity contribution in [2.24, 2.45) is 0 Å². The van der Waals surface area contributed by atoms with Gasteiger partial charge < -0.3 is 9.84 Å². The van der Waals surface area contributed by atoms with Crippen molar-refractivity contribution in [1.82, 2.24) is 0 Å². The first-order valence-electron chi connectivity index (χ1n) is 21.3. The molecule has 0 aliphatic heterocycles. The number of rotatable bonds is 27. The smallest absolute Gasteiger partial charge is 0.228 e. The number of allylic oxidation sites excluding steroid dienone is 20. The normalized spacial score (nSPS) is 15.9. The molecule has 0 saturated heterocycles. The maximum Gasteiger partial charge on any atom is 0.228 e. The number of carbonyl (C=O) groups is 2. The third-order valence-corrected chi connectivity index (χ3v) is 10.4. The first kappa shape index (κ1) is 50.1. The van der Waals surface area contributed by atoms with Gasteiger partial charge in [0.1, 0.15) is 0 Å². The van der Waals surface area contributed by atoms with Crippen LogP contribution < -0.4 is 0 Å². The molecule has 0 spiro atoms. The van der Waals surface area contributed by atoms with Crippen molar-refractivity contribution < 1.29 is 19.4 Å². The Balaban J connectivity index is 2.28. The lowest BCUT2D eigenvalue weighted by Crippen LogP contribution is -2.20. The highest BCUT2D eigenvalue weighted by atomic mass is 16.5. The lowest BCUT2D eigenvalue weighted by atomic mass is 9.96. The second kappa shape index (κ2) is 29.3. The van der Waals surface area contributed by atoms with E-state index in [-0.39, 0.29) is 5.76 Å². The highest BCUT2D eigenvalue weighted by Crippen LogP contribution is 2.23. The molecule has 0 amide bonds. The van der Waals surface area contributed by atoms with E-state index < -0.39 is 17.3 Å². The molecule has 0 aromatic carbocycles. The van der Waals surface area contributed by atoms with Crippen molar-refractivity contribution in [3.63, 3.8) is 0 Å². The molecule has 1 N–H and O–H groups in total. The topological polar surface area (TPSA) is 63.6 Å².